The van der Waals surface area contributed by atoms with Crippen LogP contribution in [0, 0.1) is 5.92 Å². The minimum Gasteiger partial charge on any atom is -0.454 e. The Morgan fingerprint density at radius 1 is 1.29 bits per heavy atom. The number of carbonyl (C=O) groups is 1. The Morgan fingerprint density at radius 3 is 2.71 bits per heavy atom. The number of hydrogen-bond donors (Lipinski definition) is 0. The summed E-state index contributed by atoms with van der Waals surface area (Å²) in [5, 5.41) is 0. The first-order chi connectivity index (χ1) is 6.68. The summed E-state index contributed by atoms with van der Waals surface area (Å²) in [6.07, 6.45) is 0. The summed E-state index contributed by atoms with van der Waals surface area (Å²) in [4.78, 5) is 11.6. The van der Waals surface area contributed by atoms with E-state index in [0.29, 0.717) is 17.1 Å². The smallest absolute Gasteiger partial charge is 0.231 e. The minimum atomic E-state index is 0.00960. The van der Waals surface area contributed by atoms with E-state index in [9.17, 15) is 4.79 Å². The van der Waals surface area contributed by atoms with Gasteiger partial charge in [-0.3, -0.25) is 4.79 Å². The molecule has 1 heterocycles. The van der Waals surface area contributed by atoms with Crippen molar-refractivity contribution < 1.29 is 14.3 Å². The predicted octanol–water partition coefficient (Wildman–Crippen LogP) is 2.25. The van der Waals surface area contributed by atoms with Crippen molar-refractivity contribution in [3.63, 3.8) is 0 Å². The van der Waals surface area contributed by atoms with Gasteiger partial charge in [0.2, 0.25) is 6.79 Å². The molecule has 0 bridgehead atoms. The molecule has 3 nitrogen and oxygen atoms in total. The predicted molar refractivity (Wildman–Crippen MR) is 51.7 cm³/mol. The normalized spacial score (nSPS) is 13.4. The van der Waals surface area contributed by atoms with E-state index in [1.165, 1.54) is 0 Å². The number of ketones is 1. The van der Waals surface area contributed by atoms with Crippen molar-refractivity contribution in [2.24, 2.45) is 5.92 Å². The number of fused-ring (bicyclic) bond motifs is 1. The number of Topliss-reactive ketones (excluding diaryl/α,β-unsaturated/α-hetero) is 1. The van der Waals surface area contributed by atoms with Gasteiger partial charge in [-0.1, -0.05) is 13.8 Å². The van der Waals surface area contributed by atoms with Crippen molar-refractivity contribution in [3.8, 4) is 11.5 Å². The largest absolute Gasteiger partial charge is 0.454 e. The highest BCUT2D eigenvalue weighted by Gasteiger charge is 2.17. The molecule has 0 amide bonds. The molecule has 0 spiro atoms. The number of rotatable bonds is 2. The van der Waals surface area contributed by atoms with Crippen LogP contribution in [0.15, 0.2) is 18.2 Å². The lowest BCUT2D eigenvalue weighted by molar-refractivity contribution is 0.0939. The van der Waals surface area contributed by atoms with E-state index in [1.54, 1.807) is 18.2 Å². The summed E-state index contributed by atoms with van der Waals surface area (Å²) >= 11 is 0. The summed E-state index contributed by atoms with van der Waals surface area (Å²) in [5.41, 5.74) is 0.684. The monoisotopic (exact) mass is 192 g/mol. The Balaban J connectivity index is 2.33. The van der Waals surface area contributed by atoms with Crippen molar-refractivity contribution in [2.75, 3.05) is 6.79 Å². The maximum absolute atomic E-state index is 11.6. The van der Waals surface area contributed by atoms with Crippen LogP contribution in [0.3, 0.4) is 0 Å². The summed E-state index contributed by atoms with van der Waals surface area (Å²) in [6, 6.07) is 5.29. The highest BCUT2D eigenvalue weighted by atomic mass is 16.7. The molecule has 0 saturated carbocycles. The number of benzene rings is 1. The van der Waals surface area contributed by atoms with E-state index in [0.717, 1.165) is 0 Å². The molecule has 0 atom stereocenters. The van der Waals surface area contributed by atoms with Crippen LogP contribution in [-0.4, -0.2) is 12.6 Å². The number of ether oxygens (including phenoxy) is 2. The maximum atomic E-state index is 11.6. The van der Waals surface area contributed by atoms with Gasteiger partial charge in [-0.15, -0.1) is 0 Å². The Bertz CT molecular complexity index is 369. The van der Waals surface area contributed by atoms with Crippen molar-refractivity contribution in [1.82, 2.24) is 0 Å². The van der Waals surface area contributed by atoms with Crippen molar-refractivity contribution >= 4 is 5.78 Å². The minimum absolute atomic E-state index is 0.00960. The molecule has 1 aliphatic rings. The molecule has 0 fully saturated rings. The molecule has 0 saturated heterocycles. The van der Waals surface area contributed by atoms with E-state index in [2.05, 4.69) is 0 Å². The topological polar surface area (TPSA) is 35.5 Å². The quantitative estimate of drug-likeness (QED) is 0.674. The molecule has 0 N–H and O–H groups in total. The van der Waals surface area contributed by atoms with E-state index < -0.39 is 0 Å². The van der Waals surface area contributed by atoms with Gasteiger partial charge in [0.1, 0.15) is 0 Å². The zero-order valence-electron chi connectivity index (χ0n) is 8.24. The Hall–Kier alpha value is -1.51. The molecule has 1 aromatic rings. The van der Waals surface area contributed by atoms with Crippen molar-refractivity contribution in [2.45, 2.75) is 13.8 Å². The van der Waals surface area contributed by atoms with Gasteiger partial charge >= 0.3 is 0 Å². The first kappa shape index (κ1) is 9.06. The zero-order chi connectivity index (χ0) is 10.1. The van der Waals surface area contributed by atoms with Gasteiger partial charge in [0.25, 0.3) is 0 Å². The highest BCUT2D eigenvalue weighted by Crippen LogP contribution is 2.32. The molecule has 14 heavy (non-hydrogen) atoms. The van der Waals surface area contributed by atoms with Crippen LogP contribution >= 0.6 is 0 Å². The highest BCUT2D eigenvalue weighted by molar-refractivity contribution is 5.98. The molecule has 0 unspecified atom stereocenters. The Labute approximate surface area is 82.6 Å². The first-order valence-electron chi connectivity index (χ1n) is 4.62. The van der Waals surface area contributed by atoms with Crippen LogP contribution < -0.4 is 9.47 Å². The standard InChI is InChI=1S/C11H12O3/c1-7(2)11(12)8-3-4-9-10(5-8)14-6-13-9/h3-5,7H,6H2,1-2H3. The molecule has 1 aliphatic heterocycles. The molecular formula is C11H12O3. The summed E-state index contributed by atoms with van der Waals surface area (Å²) in [7, 11) is 0. The number of hydrogen-bond acceptors (Lipinski definition) is 3. The Kier molecular flexibility index (Phi) is 2.15. The molecule has 74 valence electrons. The maximum Gasteiger partial charge on any atom is 0.231 e. The van der Waals surface area contributed by atoms with Crippen LogP contribution in [0.5, 0.6) is 11.5 Å². The van der Waals surface area contributed by atoms with Gasteiger partial charge in [0.05, 0.1) is 0 Å². The van der Waals surface area contributed by atoms with Crippen molar-refractivity contribution in [1.29, 1.82) is 0 Å². The zero-order valence-corrected chi connectivity index (χ0v) is 8.24. The fourth-order valence-corrected chi connectivity index (χ4v) is 1.38. The van der Waals surface area contributed by atoms with Crippen LogP contribution in [0.1, 0.15) is 24.2 Å². The molecule has 0 radical (unpaired) electrons. The van der Waals surface area contributed by atoms with Gasteiger partial charge < -0.3 is 9.47 Å². The SMILES string of the molecule is CC(C)C(=O)c1ccc2c(c1)OCO2. The molecule has 0 aliphatic carbocycles. The first-order valence-corrected chi connectivity index (χ1v) is 4.62. The molecule has 3 heteroatoms. The van der Waals surface area contributed by atoms with Crippen LogP contribution in [0.2, 0.25) is 0 Å². The molecule has 2 rings (SSSR count). The molecule has 0 aromatic heterocycles. The van der Waals surface area contributed by atoms with Gasteiger partial charge in [0, 0.05) is 11.5 Å². The van der Waals surface area contributed by atoms with Crippen LogP contribution in [0.4, 0.5) is 0 Å². The van der Waals surface area contributed by atoms with Crippen molar-refractivity contribution in [3.05, 3.63) is 23.8 Å². The lowest BCUT2D eigenvalue weighted by Crippen LogP contribution is -2.06. The van der Waals surface area contributed by atoms with E-state index in [1.807, 2.05) is 13.8 Å². The lowest BCUT2D eigenvalue weighted by Gasteiger charge is -2.04. The second kappa shape index (κ2) is 3.33. The summed E-state index contributed by atoms with van der Waals surface area (Å²) < 4.78 is 10.4. The van der Waals surface area contributed by atoms with Gasteiger partial charge in [-0.05, 0) is 18.2 Å². The lowest BCUT2D eigenvalue weighted by atomic mass is 10.0. The summed E-state index contributed by atoms with van der Waals surface area (Å²) in [5.74, 6) is 1.51. The summed E-state index contributed by atoms with van der Waals surface area (Å²) in [6.45, 7) is 4.01. The van der Waals surface area contributed by atoms with Gasteiger partial charge in [-0.2, -0.15) is 0 Å². The molecule has 1 aromatic carbocycles. The second-order valence-corrected chi connectivity index (χ2v) is 3.59. The number of carbonyl (C=O) groups excluding carboxylic acids is 1. The average Bonchev–Trinajstić information content (AvgIpc) is 2.62. The van der Waals surface area contributed by atoms with E-state index >= 15 is 0 Å². The third-order valence-corrected chi connectivity index (χ3v) is 2.18. The van der Waals surface area contributed by atoms with Gasteiger partial charge in [-0.25, -0.2) is 0 Å². The van der Waals surface area contributed by atoms with Crippen LogP contribution in [0.25, 0.3) is 0 Å². The Morgan fingerprint density at radius 2 is 2.00 bits per heavy atom. The molecular weight excluding hydrogens is 180 g/mol. The van der Waals surface area contributed by atoms with E-state index in [-0.39, 0.29) is 18.5 Å². The van der Waals surface area contributed by atoms with Crippen LogP contribution in [-0.2, 0) is 0 Å². The third-order valence-electron chi connectivity index (χ3n) is 2.18. The van der Waals surface area contributed by atoms with E-state index in [4.69, 9.17) is 9.47 Å². The third kappa shape index (κ3) is 1.45. The van der Waals surface area contributed by atoms with Gasteiger partial charge in [0.15, 0.2) is 17.3 Å². The average molecular weight is 192 g/mol. The fraction of sp³-hybridized carbons (Fsp3) is 0.364. The second-order valence-electron chi connectivity index (χ2n) is 3.59. The fourth-order valence-electron chi connectivity index (χ4n) is 1.38.